The van der Waals surface area contributed by atoms with E-state index in [1.165, 1.54) is 19.8 Å². The second-order valence-electron chi connectivity index (χ2n) is 12.9. The first kappa shape index (κ1) is 32.0. The quantitative estimate of drug-likeness (QED) is 0.203. The van der Waals surface area contributed by atoms with Crippen molar-refractivity contribution >= 4 is 23.6 Å². The van der Waals surface area contributed by atoms with Gasteiger partial charge in [0.15, 0.2) is 6.04 Å². The smallest absolute Gasteiger partial charge is 0.337 e. The zero-order chi connectivity index (χ0) is 32.3. The monoisotopic (exact) mass is 609 g/mol. The molecule has 0 amide bonds. The number of hydrogen-bond donors (Lipinski definition) is 0. The van der Waals surface area contributed by atoms with Crippen molar-refractivity contribution in [3.63, 3.8) is 0 Å². The van der Waals surface area contributed by atoms with Crippen LogP contribution in [-0.4, -0.2) is 44.3 Å². The van der Waals surface area contributed by atoms with Gasteiger partial charge < -0.3 is 19.1 Å². The van der Waals surface area contributed by atoms with Gasteiger partial charge in [0.25, 0.3) is 0 Å². The van der Waals surface area contributed by atoms with Gasteiger partial charge >= 0.3 is 17.9 Å². The van der Waals surface area contributed by atoms with Crippen LogP contribution in [0.15, 0.2) is 96.1 Å². The van der Waals surface area contributed by atoms with Crippen LogP contribution in [0.5, 0.6) is 0 Å². The Hall–Kier alpha value is -4.39. The fourth-order valence-electron chi connectivity index (χ4n) is 7.17. The fourth-order valence-corrected chi connectivity index (χ4v) is 7.17. The van der Waals surface area contributed by atoms with Crippen LogP contribution in [0.4, 0.5) is 5.69 Å². The predicted molar refractivity (Wildman–Crippen MR) is 174 cm³/mol. The Morgan fingerprint density at radius 3 is 1.96 bits per heavy atom. The standard InChI is InChI=1S/C38H43NO6/c1-24-17-20-26(21-18-24)33-31(35(40)43-5)32(36(41)44-6)34(39(33)28-15-11-8-12-16-28)37(42)45-30-23-25(2)19-22-29(30)38(3,4)27-13-9-7-10-14-27/h7-18,20-21,25,29-30,33-34H,19,22-23H2,1-6H3/t25-,29-,30-,33?,34?/m1/s1. The molecule has 0 bridgehead atoms. The Labute approximate surface area is 266 Å². The molecular weight excluding hydrogens is 566 g/mol. The number of nitrogens with zero attached hydrogens (tertiary/aromatic N) is 1. The Bertz CT molecular complexity index is 1550. The van der Waals surface area contributed by atoms with Gasteiger partial charge in [0, 0.05) is 11.6 Å². The molecule has 7 heteroatoms. The summed E-state index contributed by atoms with van der Waals surface area (Å²) in [6, 6.07) is 25.3. The highest BCUT2D eigenvalue weighted by atomic mass is 16.6. The number of benzene rings is 3. The topological polar surface area (TPSA) is 82.1 Å². The second-order valence-corrected chi connectivity index (χ2v) is 12.9. The Morgan fingerprint density at radius 1 is 0.778 bits per heavy atom. The van der Waals surface area contributed by atoms with Gasteiger partial charge in [-0.25, -0.2) is 14.4 Å². The van der Waals surface area contributed by atoms with Gasteiger partial charge in [-0.05, 0) is 54.4 Å². The van der Waals surface area contributed by atoms with Gasteiger partial charge in [0.1, 0.15) is 6.10 Å². The number of esters is 3. The summed E-state index contributed by atoms with van der Waals surface area (Å²) in [7, 11) is 2.52. The average molecular weight is 610 g/mol. The summed E-state index contributed by atoms with van der Waals surface area (Å²) in [6.45, 7) is 8.57. The molecule has 2 aliphatic rings. The molecule has 1 fully saturated rings. The third kappa shape index (κ3) is 6.26. The Kier molecular flexibility index (Phi) is 9.47. The van der Waals surface area contributed by atoms with Gasteiger partial charge in [-0.3, -0.25) is 0 Å². The van der Waals surface area contributed by atoms with Crippen LogP contribution in [0.3, 0.4) is 0 Å². The zero-order valence-corrected chi connectivity index (χ0v) is 27.0. The zero-order valence-electron chi connectivity index (χ0n) is 27.0. The minimum absolute atomic E-state index is 0.0464. The van der Waals surface area contributed by atoms with E-state index in [1.807, 2.05) is 79.7 Å². The average Bonchev–Trinajstić information content (AvgIpc) is 3.41. The van der Waals surface area contributed by atoms with Crippen LogP contribution in [0.1, 0.15) is 62.8 Å². The number of carbonyl (C=O) groups is 3. The maximum absolute atomic E-state index is 14.7. The maximum atomic E-state index is 14.7. The van der Waals surface area contributed by atoms with Crippen LogP contribution >= 0.6 is 0 Å². The van der Waals surface area contributed by atoms with Crippen molar-refractivity contribution in [2.45, 2.75) is 70.6 Å². The molecule has 3 aromatic carbocycles. The lowest BCUT2D eigenvalue weighted by molar-refractivity contribution is -0.158. The number of anilines is 1. The molecular formula is C38H43NO6. The van der Waals surface area contributed by atoms with E-state index in [0.29, 0.717) is 18.0 Å². The first-order valence-corrected chi connectivity index (χ1v) is 15.6. The van der Waals surface area contributed by atoms with E-state index in [9.17, 15) is 14.4 Å². The molecule has 3 aromatic rings. The number of methoxy groups -OCH3 is 2. The lowest BCUT2D eigenvalue weighted by atomic mass is 9.64. The van der Waals surface area contributed by atoms with Crippen LogP contribution in [0.25, 0.3) is 0 Å². The Morgan fingerprint density at radius 2 is 1.36 bits per heavy atom. The van der Waals surface area contributed by atoms with E-state index in [0.717, 1.165) is 24.0 Å². The summed E-state index contributed by atoms with van der Waals surface area (Å²) in [5.41, 5.74) is 3.33. The van der Waals surface area contributed by atoms with Crippen molar-refractivity contribution in [2.24, 2.45) is 11.8 Å². The summed E-state index contributed by atoms with van der Waals surface area (Å²) >= 11 is 0. The third-order valence-electron chi connectivity index (χ3n) is 9.64. The van der Waals surface area contributed by atoms with Crippen LogP contribution in [0, 0.1) is 18.8 Å². The highest BCUT2D eigenvalue weighted by molar-refractivity contribution is 6.10. The minimum atomic E-state index is -1.24. The predicted octanol–water partition coefficient (Wildman–Crippen LogP) is 6.89. The third-order valence-corrected chi connectivity index (χ3v) is 9.64. The molecule has 0 spiro atoms. The first-order chi connectivity index (χ1) is 21.6. The van der Waals surface area contributed by atoms with Crippen molar-refractivity contribution in [1.29, 1.82) is 0 Å². The molecule has 1 aliphatic heterocycles. The molecule has 0 radical (unpaired) electrons. The summed E-state index contributed by atoms with van der Waals surface area (Å²) in [6.07, 6.45) is 2.23. The number of ether oxygens (including phenoxy) is 3. The number of hydrogen-bond acceptors (Lipinski definition) is 7. The largest absolute Gasteiger partial charge is 0.466 e. The summed E-state index contributed by atoms with van der Waals surface area (Å²) in [5.74, 6) is -1.66. The van der Waals surface area contributed by atoms with Crippen molar-refractivity contribution in [2.75, 3.05) is 19.1 Å². The van der Waals surface area contributed by atoms with E-state index in [-0.39, 0.29) is 22.5 Å². The maximum Gasteiger partial charge on any atom is 0.337 e. The van der Waals surface area contributed by atoms with Crippen molar-refractivity contribution in [3.8, 4) is 0 Å². The van der Waals surface area contributed by atoms with Gasteiger partial charge in [-0.2, -0.15) is 0 Å². The number of rotatable bonds is 8. The number of carbonyl (C=O) groups excluding carboxylic acids is 3. The molecule has 5 rings (SSSR count). The van der Waals surface area contributed by atoms with Crippen LogP contribution in [0.2, 0.25) is 0 Å². The molecule has 45 heavy (non-hydrogen) atoms. The molecule has 0 saturated heterocycles. The molecule has 0 aromatic heterocycles. The summed E-state index contributed by atoms with van der Waals surface area (Å²) < 4.78 is 17.0. The van der Waals surface area contributed by atoms with E-state index in [1.54, 1.807) is 4.90 Å². The number of para-hydroxylation sites is 1. The molecule has 236 valence electrons. The van der Waals surface area contributed by atoms with Crippen molar-refractivity contribution < 1.29 is 28.6 Å². The molecule has 7 nitrogen and oxygen atoms in total. The van der Waals surface area contributed by atoms with E-state index in [4.69, 9.17) is 14.2 Å². The van der Waals surface area contributed by atoms with E-state index >= 15 is 0 Å². The van der Waals surface area contributed by atoms with Crippen LogP contribution < -0.4 is 4.90 Å². The molecule has 0 N–H and O–H groups in total. The van der Waals surface area contributed by atoms with Gasteiger partial charge in [0.05, 0.1) is 31.4 Å². The van der Waals surface area contributed by atoms with E-state index in [2.05, 4.69) is 32.9 Å². The van der Waals surface area contributed by atoms with Gasteiger partial charge in [-0.15, -0.1) is 0 Å². The lowest BCUT2D eigenvalue weighted by Gasteiger charge is -2.44. The minimum Gasteiger partial charge on any atom is -0.466 e. The summed E-state index contributed by atoms with van der Waals surface area (Å²) in [5, 5.41) is 0. The van der Waals surface area contributed by atoms with Crippen molar-refractivity contribution in [1.82, 2.24) is 0 Å². The second kappa shape index (κ2) is 13.3. The van der Waals surface area contributed by atoms with E-state index < -0.39 is 36.1 Å². The molecule has 1 heterocycles. The van der Waals surface area contributed by atoms with Gasteiger partial charge in [0.2, 0.25) is 0 Å². The highest BCUT2D eigenvalue weighted by Crippen LogP contribution is 2.47. The lowest BCUT2D eigenvalue weighted by Crippen LogP contribution is -2.48. The number of aryl methyl sites for hydroxylation is 1. The molecule has 1 saturated carbocycles. The Balaban J connectivity index is 1.64. The first-order valence-electron chi connectivity index (χ1n) is 15.6. The fraction of sp³-hybridized carbons (Fsp3) is 0.395. The normalized spacial score (nSPS) is 23.4. The van der Waals surface area contributed by atoms with Crippen molar-refractivity contribution in [3.05, 3.63) is 113 Å². The molecule has 2 unspecified atom stereocenters. The SMILES string of the molecule is COC(=O)C1=C(C(=O)OC)C(c2ccc(C)cc2)N(c2ccccc2)C1C(=O)O[C@@H]1C[C@H](C)CC[C@H]1C(C)(C)c1ccccc1. The van der Waals surface area contributed by atoms with Gasteiger partial charge in [-0.1, -0.05) is 106 Å². The van der Waals surface area contributed by atoms with Crippen LogP contribution in [-0.2, 0) is 34.0 Å². The molecule has 1 aliphatic carbocycles. The highest BCUT2D eigenvalue weighted by Gasteiger charge is 2.53. The molecule has 5 atom stereocenters. The summed E-state index contributed by atoms with van der Waals surface area (Å²) in [4.78, 5) is 43.6.